The van der Waals surface area contributed by atoms with Gasteiger partial charge in [0.25, 0.3) is 5.91 Å². The van der Waals surface area contributed by atoms with Gasteiger partial charge in [0.2, 0.25) is 20.0 Å². The minimum absolute atomic E-state index is 0.0368. The second-order valence-electron chi connectivity index (χ2n) is 8.44. The fourth-order valence-electron chi connectivity index (χ4n) is 4.04. The van der Waals surface area contributed by atoms with Crippen LogP contribution >= 0.6 is 0 Å². The molecule has 1 amide bonds. The molecular weight excluding hydrogens is 557 g/mol. The number of hydrazone groups is 1. The third-order valence-electron chi connectivity index (χ3n) is 5.97. The molecule has 1 N–H and O–H groups in total. The molecule has 0 radical (unpaired) electrons. The van der Waals surface area contributed by atoms with Crippen molar-refractivity contribution in [3.63, 3.8) is 0 Å². The Kier molecular flexibility index (Phi) is 8.20. The molecule has 1 heterocycles. The fourth-order valence-corrected chi connectivity index (χ4v) is 7.09. The zero-order chi connectivity index (χ0) is 28.3. The van der Waals surface area contributed by atoms with E-state index >= 15 is 0 Å². The summed E-state index contributed by atoms with van der Waals surface area (Å²) in [6.45, 7) is -1.11. The third kappa shape index (κ3) is 6.19. The van der Waals surface area contributed by atoms with Crippen molar-refractivity contribution in [1.82, 2.24) is 14.0 Å². The Morgan fingerprint density at radius 1 is 0.821 bits per heavy atom. The highest BCUT2D eigenvalue weighted by molar-refractivity contribution is 7.89. The largest absolute Gasteiger partial charge is 0.417 e. The van der Waals surface area contributed by atoms with Crippen molar-refractivity contribution in [2.75, 3.05) is 19.6 Å². The van der Waals surface area contributed by atoms with Crippen LogP contribution in [0.25, 0.3) is 0 Å². The number of amides is 1. The number of piperazine rings is 1. The molecule has 0 bridgehead atoms. The molecule has 1 fully saturated rings. The Morgan fingerprint density at radius 3 is 1.95 bits per heavy atom. The van der Waals surface area contributed by atoms with Crippen LogP contribution in [0.3, 0.4) is 0 Å². The van der Waals surface area contributed by atoms with Crippen LogP contribution in [0.5, 0.6) is 0 Å². The van der Waals surface area contributed by atoms with E-state index in [2.05, 4.69) is 10.5 Å². The first-order chi connectivity index (χ1) is 18.4. The maximum Gasteiger partial charge on any atom is 0.417 e. The monoisotopic (exact) mass is 580 g/mol. The van der Waals surface area contributed by atoms with Crippen molar-refractivity contribution in [1.29, 1.82) is 0 Å². The van der Waals surface area contributed by atoms with Gasteiger partial charge in [0.1, 0.15) is 6.04 Å². The van der Waals surface area contributed by atoms with Crippen LogP contribution in [0.15, 0.2) is 99.8 Å². The van der Waals surface area contributed by atoms with Gasteiger partial charge in [0, 0.05) is 25.2 Å². The summed E-state index contributed by atoms with van der Waals surface area (Å²) in [6.07, 6.45) is -3.87. The summed E-state index contributed by atoms with van der Waals surface area (Å²) in [7, 11) is -8.32. The molecule has 1 aliphatic rings. The molecule has 3 aromatic rings. The average Bonchev–Trinajstić information content (AvgIpc) is 2.93. The van der Waals surface area contributed by atoms with Crippen molar-refractivity contribution in [3.05, 3.63) is 96.1 Å². The van der Waals surface area contributed by atoms with E-state index < -0.39 is 50.3 Å². The fraction of sp³-hybridized carbons (Fsp3) is 0.200. The maximum absolute atomic E-state index is 13.4. The first-order valence-corrected chi connectivity index (χ1v) is 14.4. The van der Waals surface area contributed by atoms with Gasteiger partial charge in [0.05, 0.1) is 21.6 Å². The van der Waals surface area contributed by atoms with Gasteiger partial charge in [-0.2, -0.15) is 26.9 Å². The summed E-state index contributed by atoms with van der Waals surface area (Å²) in [5.74, 6) is -1.01. The zero-order valence-corrected chi connectivity index (χ0v) is 21.8. The number of alkyl halides is 3. The second-order valence-corrected chi connectivity index (χ2v) is 12.3. The highest BCUT2D eigenvalue weighted by Crippen LogP contribution is 2.31. The Bertz CT molecular complexity index is 1570. The number of carbonyl (C=O) groups is 1. The maximum atomic E-state index is 13.4. The van der Waals surface area contributed by atoms with E-state index in [0.29, 0.717) is 0 Å². The van der Waals surface area contributed by atoms with Gasteiger partial charge in [0.15, 0.2) is 0 Å². The van der Waals surface area contributed by atoms with Crippen LogP contribution in [0.2, 0.25) is 0 Å². The third-order valence-corrected chi connectivity index (χ3v) is 9.77. The van der Waals surface area contributed by atoms with Crippen LogP contribution in [-0.4, -0.2) is 63.2 Å². The lowest BCUT2D eigenvalue weighted by atomic mass is 10.1. The number of nitrogens with one attached hydrogen (secondary N) is 1. The predicted molar refractivity (Wildman–Crippen MR) is 137 cm³/mol. The van der Waals surface area contributed by atoms with Gasteiger partial charge >= 0.3 is 6.18 Å². The lowest BCUT2D eigenvalue weighted by Crippen LogP contribution is -2.60. The topological polar surface area (TPSA) is 116 Å². The molecule has 14 heteroatoms. The summed E-state index contributed by atoms with van der Waals surface area (Å²) in [4.78, 5) is 13.0. The lowest BCUT2D eigenvalue weighted by Gasteiger charge is -2.38. The number of hydrogen-bond acceptors (Lipinski definition) is 6. The normalized spacial score (nSPS) is 17.8. The Hall–Kier alpha value is -3.59. The van der Waals surface area contributed by atoms with Crippen molar-refractivity contribution in [2.24, 2.45) is 5.10 Å². The number of rotatable bonds is 7. The molecule has 0 spiro atoms. The second kappa shape index (κ2) is 11.3. The van der Waals surface area contributed by atoms with Crippen LogP contribution < -0.4 is 5.43 Å². The number of sulfonamides is 2. The standard InChI is InChI=1S/C25H23F3N4O5S2/c26-25(27,28)22-14-8-7-9-19(22)17-29-30-24(33)23-18-31(38(34,35)20-10-3-1-4-11-20)15-16-32(23)39(36,37)21-12-5-2-6-13-21/h1-14,17,23H,15-16,18H2,(H,30,33)/b29-17-/t23-/m0/s1. The van der Waals surface area contributed by atoms with Gasteiger partial charge in [-0.15, -0.1) is 0 Å². The number of halogens is 3. The molecule has 0 aliphatic carbocycles. The van der Waals surface area contributed by atoms with E-state index in [4.69, 9.17) is 0 Å². The summed E-state index contributed by atoms with van der Waals surface area (Å²) < 4.78 is 94.9. The van der Waals surface area contributed by atoms with E-state index in [-0.39, 0.29) is 28.4 Å². The molecule has 9 nitrogen and oxygen atoms in total. The summed E-state index contributed by atoms with van der Waals surface area (Å²) in [5, 5.41) is 3.61. The van der Waals surface area contributed by atoms with Crippen LogP contribution in [0, 0.1) is 0 Å². The first-order valence-electron chi connectivity index (χ1n) is 11.5. The van der Waals surface area contributed by atoms with Crippen LogP contribution in [-0.2, 0) is 31.0 Å². The molecule has 0 unspecified atom stereocenters. The molecule has 39 heavy (non-hydrogen) atoms. The molecule has 0 saturated carbocycles. The summed E-state index contributed by atoms with van der Waals surface area (Å²) in [5.41, 5.74) is 0.780. The molecule has 206 valence electrons. The van der Waals surface area contributed by atoms with Crippen LogP contribution in [0.4, 0.5) is 13.2 Å². The summed E-state index contributed by atoms with van der Waals surface area (Å²) >= 11 is 0. The van der Waals surface area contributed by atoms with Gasteiger partial charge in [-0.25, -0.2) is 22.3 Å². The summed E-state index contributed by atoms with van der Waals surface area (Å²) in [6, 6.07) is 17.7. The van der Waals surface area contributed by atoms with Gasteiger partial charge < -0.3 is 0 Å². The van der Waals surface area contributed by atoms with Crippen molar-refractivity contribution in [2.45, 2.75) is 22.0 Å². The first kappa shape index (κ1) is 28.4. The van der Waals surface area contributed by atoms with E-state index in [0.717, 1.165) is 27.0 Å². The van der Waals surface area contributed by atoms with Crippen molar-refractivity contribution < 1.29 is 34.8 Å². The molecule has 4 rings (SSSR count). The Labute approximate surface area is 223 Å². The minimum Gasteiger partial charge on any atom is -0.271 e. The van der Waals surface area contributed by atoms with E-state index in [9.17, 15) is 34.8 Å². The van der Waals surface area contributed by atoms with E-state index in [1.165, 1.54) is 60.7 Å². The molecule has 1 saturated heterocycles. The number of hydrogen-bond donors (Lipinski definition) is 1. The van der Waals surface area contributed by atoms with Gasteiger partial charge in [-0.1, -0.05) is 54.6 Å². The SMILES string of the molecule is O=C(N/N=C\c1ccccc1C(F)(F)F)[C@@H]1CN(S(=O)(=O)c2ccccc2)CCN1S(=O)(=O)c1ccccc1. The lowest BCUT2D eigenvalue weighted by molar-refractivity contribution is -0.137. The van der Waals surface area contributed by atoms with E-state index in [1.807, 2.05) is 0 Å². The molecule has 3 aromatic carbocycles. The van der Waals surface area contributed by atoms with Crippen molar-refractivity contribution >= 4 is 32.2 Å². The number of carbonyl (C=O) groups excluding carboxylic acids is 1. The van der Waals surface area contributed by atoms with Crippen LogP contribution in [0.1, 0.15) is 11.1 Å². The molecular formula is C25H23F3N4O5S2. The Balaban J connectivity index is 1.64. The average molecular weight is 581 g/mol. The quantitative estimate of drug-likeness (QED) is 0.341. The molecule has 0 aromatic heterocycles. The number of benzene rings is 3. The Morgan fingerprint density at radius 2 is 1.36 bits per heavy atom. The molecule has 1 aliphatic heterocycles. The van der Waals surface area contributed by atoms with Gasteiger partial charge in [-0.3, -0.25) is 4.79 Å². The highest BCUT2D eigenvalue weighted by Gasteiger charge is 2.43. The number of nitrogens with zero attached hydrogens (tertiary/aromatic N) is 3. The zero-order valence-electron chi connectivity index (χ0n) is 20.2. The van der Waals surface area contributed by atoms with E-state index in [1.54, 1.807) is 12.1 Å². The minimum atomic E-state index is -4.66. The smallest absolute Gasteiger partial charge is 0.271 e. The molecule has 1 atom stereocenters. The predicted octanol–water partition coefficient (Wildman–Crippen LogP) is 2.92. The van der Waals surface area contributed by atoms with Gasteiger partial charge in [-0.05, 0) is 30.3 Å². The van der Waals surface area contributed by atoms with Crippen molar-refractivity contribution in [3.8, 4) is 0 Å². The highest BCUT2D eigenvalue weighted by atomic mass is 32.2.